The first-order chi connectivity index (χ1) is 14.6. The molecule has 6 nitrogen and oxygen atoms in total. The molecule has 0 spiro atoms. The molecule has 0 aliphatic heterocycles. The Bertz CT molecular complexity index is 978. The van der Waals surface area contributed by atoms with Crippen LogP contribution < -0.4 is 10.9 Å². The standard InChI is InChI=1S/C24H30N2O4/c1-3-4-15-26-21-14-8-6-5-7-11-17(21)16-19(23(26)28)22(27)25-20-13-10-9-12-18(20)24(29)30-2/h9-10,12-13,16H,3-8,11,14-15H2,1-2H3,(H,25,27). The molecule has 3 rings (SSSR count). The van der Waals surface area contributed by atoms with Crippen molar-refractivity contribution < 1.29 is 14.3 Å². The number of rotatable bonds is 6. The van der Waals surface area contributed by atoms with E-state index in [0.717, 1.165) is 49.8 Å². The third kappa shape index (κ3) is 4.81. The number of amides is 1. The number of anilines is 1. The van der Waals surface area contributed by atoms with Crippen molar-refractivity contribution in [3.63, 3.8) is 0 Å². The van der Waals surface area contributed by atoms with Crippen LogP contribution in [0.15, 0.2) is 35.1 Å². The Morgan fingerprint density at radius 1 is 1.07 bits per heavy atom. The molecule has 1 heterocycles. The molecular weight excluding hydrogens is 380 g/mol. The number of aromatic nitrogens is 1. The molecule has 1 amide bonds. The minimum Gasteiger partial charge on any atom is -0.465 e. The molecule has 0 fully saturated rings. The second-order valence-corrected chi connectivity index (χ2v) is 7.75. The minimum atomic E-state index is -0.538. The topological polar surface area (TPSA) is 77.4 Å². The molecule has 0 unspecified atom stereocenters. The Labute approximate surface area is 177 Å². The quantitative estimate of drug-likeness (QED) is 0.719. The highest BCUT2D eigenvalue weighted by Crippen LogP contribution is 2.22. The molecule has 1 aromatic carbocycles. The average molecular weight is 411 g/mol. The van der Waals surface area contributed by atoms with Crippen molar-refractivity contribution in [3.8, 4) is 0 Å². The maximum atomic E-state index is 13.3. The summed E-state index contributed by atoms with van der Waals surface area (Å²) < 4.78 is 6.61. The van der Waals surface area contributed by atoms with Gasteiger partial charge in [0, 0.05) is 12.2 Å². The molecule has 0 atom stereocenters. The number of nitrogens with one attached hydrogen (secondary N) is 1. The van der Waals surface area contributed by atoms with Crippen molar-refractivity contribution in [2.24, 2.45) is 0 Å². The number of para-hydroxylation sites is 1. The van der Waals surface area contributed by atoms with Crippen LogP contribution in [0.5, 0.6) is 0 Å². The summed E-state index contributed by atoms with van der Waals surface area (Å²) in [4.78, 5) is 38.4. The zero-order valence-corrected chi connectivity index (χ0v) is 17.8. The number of fused-ring (bicyclic) bond motifs is 1. The zero-order chi connectivity index (χ0) is 21.5. The van der Waals surface area contributed by atoms with Crippen molar-refractivity contribution in [2.45, 2.75) is 64.8 Å². The predicted molar refractivity (Wildman–Crippen MR) is 117 cm³/mol. The number of aryl methyl sites for hydroxylation is 1. The van der Waals surface area contributed by atoms with Gasteiger partial charge in [-0.05, 0) is 55.9 Å². The summed E-state index contributed by atoms with van der Waals surface area (Å²) in [6.07, 6.45) is 8.09. The first kappa shape index (κ1) is 21.8. The number of methoxy groups -OCH3 is 1. The molecule has 160 valence electrons. The number of hydrogen-bond acceptors (Lipinski definition) is 4. The Morgan fingerprint density at radius 3 is 2.53 bits per heavy atom. The van der Waals surface area contributed by atoms with Crippen LogP contribution in [-0.2, 0) is 24.1 Å². The number of hydrogen-bond donors (Lipinski definition) is 1. The summed E-state index contributed by atoms with van der Waals surface area (Å²) in [5, 5.41) is 2.75. The van der Waals surface area contributed by atoms with E-state index in [-0.39, 0.29) is 16.7 Å². The van der Waals surface area contributed by atoms with E-state index < -0.39 is 11.9 Å². The lowest BCUT2D eigenvalue weighted by Gasteiger charge is -2.21. The van der Waals surface area contributed by atoms with Gasteiger partial charge in [0.2, 0.25) is 0 Å². The third-order valence-corrected chi connectivity index (χ3v) is 5.66. The van der Waals surface area contributed by atoms with E-state index in [1.807, 2.05) is 4.57 Å². The number of nitrogens with zero attached hydrogens (tertiary/aromatic N) is 1. The zero-order valence-electron chi connectivity index (χ0n) is 17.8. The van der Waals surface area contributed by atoms with Gasteiger partial charge in [-0.2, -0.15) is 0 Å². The molecule has 6 heteroatoms. The fourth-order valence-corrected chi connectivity index (χ4v) is 4.02. The van der Waals surface area contributed by atoms with Gasteiger partial charge >= 0.3 is 5.97 Å². The molecule has 1 aliphatic carbocycles. The predicted octanol–water partition coefficient (Wildman–Crippen LogP) is 4.35. The lowest BCUT2D eigenvalue weighted by Crippen LogP contribution is -2.33. The van der Waals surface area contributed by atoms with Gasteiger partial charge in [-0.3, -0.25) is 9.59 Å². The van der Waals surface area contributed by atoms with Gasteiger partial charge in [-0.15, -0.1) is 0 Å². The van der Waals surface area contributed by atoms with Crippen LogP contribution in [0.25, 0.3) is 0 Å². The van der Waals surface area contributed by atoms with Crippen LogP contribution in [0.1, 0.15) is 77.4 Å². The van der Waals surface area contributed by atoms with E-state index in [1.54, 1.807) is 30.3 Å². The number of esters is 1. The van der Waals surface area contributed by atoms with Gasteiger partial charge in [0.05, 0.1) is 18.4 Å². The first-order valence-corrected chi connectivity index (χ1v) is 10.8. The second kappa shape index (κ2) is 10.2. The highest BCUT2D eigenvalue weighted by Gasteiger charge is 2.21. The van der Waals surface area contributed by atoms with E-state index in [4.69, 9.17) is 4.74 Å². The molecule has 0 saturated heterocycles. The molecule has 30 heavy (non-hydrogen) atoms. The van der Waals surface area contributed by atoms with Crippen LogP contribution in [0.3, 0.4) is 0 Å². The molecule has 1 aromatic heterocycles. The summed E-state index contributed by atoms with van der Waals surface area (Å²) in [5.41, 5.74) is 2.64. The SMILES string of the molecule is CCCCn1c2c(cc(C(=O)Nc3ccccc3C(=O)OC)c1=O)CCCCCC2. The average Bonchev–Trinajstić information content (AvgIpc) is 2.73. The molecule has 0 radical (unpaired) electrons. The lowest BCUT2D eigenvalue weighted by atomic mass is 9.95. The third-order valence-electron chi connectivity index (χ3n) is 5.66. The van der Waals surface area contributed by atoms with Gasteiger partial charge in [-0.1, -0.05) is 38.3 Å². The smallest absolute Gasteiger partial charge is 0.339 e. The molecule has 2 aromatic rings. The maximum absolute atomic E-state index is 13.3. The highest BCUT2D eigenvalue weighted by atomic mass is 16.5. The Morgan fingerprint density at radius 2 is 1.80 bits per heavy atom. The van der Waals surface area contributed by atoms with E-state index >= 15 is 0 Å². The Balaban J connectivity index is 2.01. The number of carbonyl (C=O) groups excluding carboxylic acids is 2. The summed E-state index contributed by atoms with van der Waals surface area (Å²) in [7, 11) is 1.29. The summed E-state index contributed by atoms with van der Waals surface area (Å²) in [5.74, 6) is -1.03. The van der Waals surface area contributed by atoms with Crippen molar-refractivity contribution in [1.29, 1.82) is 0 Å². The van der Waals surface area contributed by atoms with E-state index in [1.165, 1.54) is 20.0 Å². The first-order valence-electron chi connectivity index (χ1n) is 10.8. The second-order valence-electron chi connectivity index (χ2n) is 7.75. The number of carbonyl (C=O) groups is 2. The molecule has 1 N–H and O–H groups in total. The van der Waals surface area contributed by atoms with Crippen molar-refractivity contribution in [2.75, 3.05) is 12.4 Å². The fraction of sp³-hybridized carbons (Fsp3) is 0.458. The molecule has 0 saturated carbocycles. The Hall–Kier alpha value is -2.89. The maximum Gasteiger partial charge on any atom is 0.339 e. The van der Waals surface area contributed by atoms with E-state index in [0.29, 0.717) is 12.2 Å². The molecular formula is C24H30N2O4. The monoisotopic (exact) mass is 410 g/mol. The van der Waals surface area contributed by atoms with Crippen molar-refractivity contribution in [3.05, 3.63) is 63.1 Å². The number of ether oxygens (including phenoxy) is 1. The van der Waals surface area contributed by atoms with E-state index in [9.17, 15) is 14.4 Å². The summed E-state index contributed by atoms with van der Waals surface area (Å²) >= 11 is 0. The van der Waals surface area contributed by atoms with Gasteiger partial charge in [0.1, 0.15) is 5.56 Å². The van der Waals surface area contributed by atoms with Crippen LogP contribution in [0.2, 0.25) is 0 Å². The number of unbranched alkanes of at least 4 members (excludes halogenated alkanes) is 1. The summed E-state index contributed by atoms with van der Waals surface area (Å²) in [6.45, 7) is 2.71. The fourth-order valence-electron chi connectivity index (χ4n) is 4.02. The van der Waals surface area contributed by atoms with E-state index in [2.05, 4.69) is 12.2 Å². The van der Waals surface area contributed by atoms with Crippen LogP contribution in [-0.4, -0.2) is 23.6 Å². The summed E-state index contributed by atoms with van der Waals surface area (Å²) in [6, 6.07) is 8.41. The minimum absolute atomic E-state index is 0.130. The van der Waals surface area contributed by atoms with Gasteiger partial charge < -0.3 is 14.6 Å². The molecule has 1 aliphatic rings. The van der Waals surface area contributed by atoms with Crippen LogP contribution in [0, 0.1) is 0 Å². The van der Waals surface area contributed by atoms with Crippen LogP contribution in [0.4, 0.5) is 5.69 Å². The Kier molecular flexibility index (Phi) is 7.44. The number of pyridine rings is 1. The van der Waals surface area contributed by atoms with Gasteiger partial charge in [0.15, 0.2) is 0 Å². The molecule has 0 bridgehead atoms. The van der Waals surface area contributed by atoms with Crippen LogP contribution >= 0.6 is 0 Å². The normalized spacial score (nSPS) is 13.7. The van der Waals surface area contributed by atoms with Crippen molar-refractivity contribution in [1.82, 2.24) is 4.57 Å². The highest BCUT2D eigenvalue weighted by molar-refractivity contribution is 6.07. The largest absolute Gasteiger partial charge is 0.465 e. The lowest BCUT2D eigenvalue weighted by molar-refractivity contribution is 0.0602. The van der Waals surface area contributed by atoms with Gasteiger partial charge in [0.25, 0.3) is 11.5 Å². The van der Waals surface area contributed by atoms with Crippen molar-refractivity contribution >= 4 is 17.6 Å². The number of benzene rings is 1. The van der Waals surface area contributed by atoms with Gasteiger partial charge in [-0.25, -0.2) is 4.79 Å².